The van der Waals surface area contributed by atoms with Gasteiger partial charge in [0.1, 0.15) is 12.2 Å². The first-order chi connectivity index (χ1) is 12.5. The molecule has 7 nitrogen and oxygen atoms in total. The first kappa shape index (κ1) is 19.3. The van der Waals surface area contributed by atoms with Crippen molar-refractivity contribution in [2.45, 2.75) is 51.6 Å². The molecular weight excluding hydrogens is 352 g/mol. The molecule has 3 rings (SSSR count). The topological polar surface area (TPSA) is 110 Å². The molecule has 0 aromatic carbocycles. The minimum absolute atomic E-state index is 0.0367. The van der Waals surface area contributed by atoms with Crippen LogP contribution in [-0.4, -0.2) is 51.8 Å². The highest BCUT2D eigenvalue weighted by Crippen LogP contribution is 2.50. The monoisotopic (exact) mass is 374 g/mol. The molecule has 0 bridgehead atoms. The molecule has 5 unspecified atom stereocenters. The maximum Gasteiger partial charge on any atom is 0.334 e. The van der Waals surface area contributed by atoms with Crippen molar-refractivity contribution in [1.29, 1.82) is 0 Å². The van der Waals surface area contributed by atoms with Gasteiger partial charge in [-0.1, -0.05) is 12.2 Å². The summed E-state index contributed by atoms with van der Waals surface area (Å²) in [7, 11) is 0. The first-order valence-corrected chi connectivity index (χ1v) is 8.60. The van der Waals surface area contributed by atoms with Gasteiger partial charge in [0.2, 0.25) is 0 Å². The summed E-state index contributed by atoms with van der Waals surface area (Å²) in [6.45, 7) is 10.2. The Balaban J connectivity index is 2.18. The summed E-state index contributed by atoms with van der Waals surface area (Å²) in [6, 6.07) is 0. The third kappa shape index (κ3) is 2.69. The van der Waals surface area contributed by atoms with Crippen molar-refractivity contribution in [3.05, 3.63) is 46.6 Å². The van der Waals surface area contributed by atoms with Gasteiger partial charge in [0.25, 0.3) is 0 Å². The first-order valence-electron chi connectivity index (χ1n) is 8.60. The zero-order valence-electron chi connectivity index (χ0n) is 15.6. The standard InChI is InChI=1S/C20H22O7/c1-8(2)6-13(22)26-17-11(5)15-12(21)7-9(3)20(15,25)18-14(16(17)23)10(4)19(24)27-18/h6-7,14,16-18,23,25H,4H2,1-3,5H3. The van der Waals surface area contributed by atoms with E-state index in [9.17, 15) is 24.6 Å². The molecule has 2 aliphatic carbocycles. The minimum Gasteiger partial charge on any atom is -0.454 e. The van der Waals surface area contributed by atoms with Crippen molar-refractivity contribution >= 4 is 17.7 Å². The molecule has 27 heavy (non-hydrogen) atoms. The van der Waals surface area contributed by atoms with Crippen molar-refractivity contribution in [2.75, 3.05) is 0 Å². The number of aliphatic hydroxyl groups excluding tert-OH is 1. The summed E-state index contributed by atoms with van der Waals surface area (Å²) in [5, 5.41) is 22.3. The van der Waals surface area contributed by atoms with Gasteiger partial charge in [0.15, 0.2) is 17.5 Å². The van der Waals surface area contributed by atoms with Crippen LogP contribution in [0.3, 0.4) is 0 Å². The summed E-state index contributed by atoms with van der Waals surface area (Å²) >= 11 is 0. The molecule has 1 fully saturated rings. The molecule has 1 heterocycles. The van der Waals surface area contributed by atoms with Gasteiger partial charge in [-0.3, -0.25) is 4.79 Å². The Bertz CT molecular complexity index is 856. The van der Waals surface area contributed by atoms with Gasteiger partial charge in [-0.15, -0.1) is 0 Å². The summed E-state index contributed by atoms with van der Waals surface area (Å²) in [6.07, 6.45) is -1.36. The average molecular weight is 374 g/mol. The van der Waals surface area contributed by atoms with Crippen LogP contribution in [0.4, 0.5) is 0 Å². The number of ether oxygens (including phenoxy) is 2. The number of ketones is 1. The van der Waals surface area contributed by atoms with Gasteiger partial charge in [0, 0.05) is 17.2 Å². The van der Waals surface area contributed by atoms with Gasteiger partial charge in [-0.05, 0) is 44.9 Å². The van der Waals surface area contributed by atoms with E-state index in [-0.39, 0.29) is 16.7 Å². The number of aliphatic hydroxyl groups is 2. The number of fused-ring (bicyclic) bond motifs is 3. The number of hydrogen-bond acceptors (Lipinski definition) is 7. The van der Waals surface area contributed by atoms with Gasteiger partial charge in [-0.2, -0.15) is 0 Å². The molecule has 0 aromatic heterocycles. The van der Waals surface area contributed by atoms with Crippen LogP contribution < -0.4 is 0 Å². The zero-order chi connectivity index (χ0) is 20.3. The second-order valence-electron chi connectivity index (χ2n) is 7.46. The van der Waals surface area contributed by atoms with Gasteiger partial charge >= 0.3 is 11.9 Å². The Morgan fingerprint density at radius 1 is 1.33 bits per heavy atom. The Morgan fingerprint density at radius 3 is 2.56 bits per heavy atom. The second-order valence-corrected chi connectivity index (χ2v) is 7.46. The molecule has 0 amide bonds. The summed E-state index contributed by atoms with van der Waals surface area (Å²) in [5.74, 6) is -2.98. The molecule has 2 N–H and O–H groups in total. The Morgan fingerprint density at radius 2 is 1.96 bits per heavy atom. The normalized spacial score (nSPS) is 35.2. The average Bonchev–Trinajstić information content (AvgIpc) is 2.95. The van der Waals surface area contributed by atoms with Crippen molar-refractivity contribution < 1.29 is 34.1 Å². The van der Waals surface area contributed by atoms with E-state index >= 15 is 0 Å². The molecule has 0 saturated carbocycles. The fraction of sp³-hybridized carbons (Fsp3) is 0.450. The molecule has 0 spiro atoms. The van der Waals surface area contributed by atoms with Gasteiger partial charge < -0.3 is 19.7 Å². The fourth-order valence-corrected chi connectivity index (χ4v) is 4.08. The molecule has 7 heteroatoms. The van der Waals surface area contributed by atoms with E-state index in [1.54, 1.807) is 20.8 Å². The molecule has 1 saturated heterocycles. The molecule has 0 radical (unpaired) electrons. The van der Waals surface area contributed by atoms with Crippen molar-refractivity contribution in [3.63, 3.8) is 0 Å². The number of hydrogen-bond donors (Lipinski definition) is 2. The number of carbonyl (C=O) groups excluding carboxylic acids is 3. The Hall–Kier alpha value is -2.51. The van der Waals surface area contributed by atoms with E-state index in [4.69, 9.17) is 9.47 Å². The smallest absolute Gasteiger partial charge is 0.334 e. The molecule has 144 valence electrons. The highest BCUT2D eigenvalue weighted by Gasteiger charge is 2.63. The second kappa shape index (κ2) is 6.28. The third-order valence-electron chi connectivity index (χ3n) is 5.36. The number of carbonyl (C=O) groups is 3. The summed E-state index contributed by atoms with van der Waals surface area (Å²) < 4.78 is 10.7. The van der Waals surface area contributed by atoms with Crippen LogP contribution in [0, 0.1) is 5.92 Å². The van der Waals surface area contributed by atoms with Crippen LogP contribution in [0.5, 0.6) is 0 Å². The van der Waals surface area contributed by atoms with E-state index < -0.39 is 47.6 Å². The van der Waals surface area contributed by atoms with Crippen LogP contribution in [-0.2, 0) is 23.9 Å². The minimum atomic E-state index is -1.90. The van der Waals surface area contributed by atoms with E-state index in [1.807, 2.05) is 0 Å². The quantitative estimate of drug-likeness (QED) is 0.546. The summed E-state index contributed by atoms with van der Waals surface area (Å²) in [4.78, 5) is 36.8. The van der Waals surface area contributed by atoms with Crippen molar-refractivity contribution in [3.8, 4) is 0 Å². The molecule has 3 aliphatic rings. The number of rotatable bonds is 2. The van der Waals surface area contributed by atoms with Crippen LogP contribution in [0.1, 0.15) is 27.7 Å². The number of allylic oxidation sites excluding steroid dienone is 2. The van der Waals surface area contributed by atoms with E-state index in [0.717, 1.165) is 0 Å². The van der Waals surface area contributed by atoms with E-state index in [0.29, 0.717) is 11.1 Å². The Kier molecular flexibility index (Phi) is 4.48. The highest BCUT2D eigenvalue weighted by atomic mass is 16.6. The zero-order valence-corrected chi connectivity index (χ0v) is 15.6. The lowest BCUT2D eigenvalue weighted by Crippen LogP contribution is -2.49. The molecule has 0 aromatic rings. The summed E-state index contributed by atoms with van der Waals surface area (Å²) in [5.41, 5.74) is -0.769. The molecular formula is C20H22O7. The maximum atomic E-state index is 12.6. The lowest BCUT2D eigenvalue weighted by Gasteiger charge is -2.33. The molecule has 5 atom stereocenters. The van der Waals surface area contributed by atoms with Crippen LogP contribution in [0.15, 0.2) is 46.6 Å². The predicted octanol–water partition coefficient (Wildman–Crippen LogP) is 0.913. The fourth-order valence-electron chi connectivity index (χ4n) is 4.08. The lowest BCUT2D eigenvalue weighted by atomic mass is 9.78. The van der Waals surface area contributed by atoms with Crippen LogP contribution >= 0.6 is 0 Å². The van der Waals surface area contributed by atoms with Crippen molar-refractivity contribution in [2.24, 2.45) is 5.92 Å². The highest BCUT2D eigenvalue weighted by molar-refractivity contribution is 6.11. The largest absolute Gasteiger partial charge is 0.454 e. The predicted molar refractivity (Wildman–Crippen MR) is 94.2 cm³/mol. The van der Waals surface area contributed by atoms with E-state index in [1.165, 1.54) is 19.1 Å². The van der Waals surface area contributed by atoms with E-state index in [2.05, 4.69) is 6.58 Å². The Labute approximate surface area is 156 Å². The SMILES string of the molecule is C=C1C(=O)OC2C1C(O)C(OC(=O)C=C(C)C)C(C)=C1C(=O)C=C(C)C12O. The molecule has 1 aliphatic heterocycles. The third-order valence-corrected chi connectivity index (χ3v) is 5.36. The number of esters is 2. The van der Waals surface area contributed by atoms with Crippen LogP contribution in [0.2, 0.25) is 0 Å². The van der Waals surface area contributed by atoms with Gasteiger partial charge in [-0.25, -0.2) is 9.59 Å². The van der Waals surface area contributed by atoms with Crippen LogP contribution in [0.25, 0.3) is 0 Å². The van der Waals surface area contributed by atoms with Gasteiger partial charge in [0.05, 0.1) is 5.92 Å². The van der Waals surface area contributed by atoms with Crippen molar-refractivity contribution in [1.82, 2.24) is 0 Å². The maximum absolute atomic E-state index is 12.6. The lowest BCUT2D eigenvalue weighted by molar-refractivity contribution is -0.153.